The summed E-state index contributed by atoms with van der Waals surface area (Å²) < 4.78 is 0. The van der Waals surface area contributed by atoms with Gasteiger partial charge in [-0.15, -0.1) is 5.10 Å². The first-order valence-electron chi connectivity index (χ1n) is 4.49. The van der Waals surface area contributed by atoms with Crippen LogP contribution in [0.15, 0.2) is 0 Å². The van der Waals surface area contributed by atoms with Crippen LogP contribution >= 0.6 is 0 Å². The van der Waals surface area contributed by atoms with Gasteiger partial charge in [-0.2, -0.15) is 4.98 Å². The molecule has 74 valence electrons. The summed E-state index contributed by atoms with van der Waals surface area (Å²) in [6.45, 7) is 3.89. The van der Waals surface area contributed by atoms with Crippen molar-refractivity contribution in [1.29, 1.82) is 0 Å². The quantitative estimate of drug-likeness (QED) is 0.638. The molecule has 5 heteroatoms. The fourth-order valence-corrected chi connectivity index (χ4v) is 1.09. The Labute approximate surface area is 78.5 Å². The highest BCUT2D eigenvalue weighted by atomic mass is 15.3. The van der Waals surface area contributed by atoms with Gasteiger partial charge in [0.2, 0.25) is 5.95 Å². The molecule has 0 aliphatic carbocycles. The van der Waals surface area contributed by atoms with E-state index in [2.05, 4.69) is 20.5 Å². The Morgan fingerprint density at radius 3 is 2.85 bits per heavy atom. The summed E-state index contributed by atoms with van der Waals surface area (Å²) >= 11 is 0. The molecule has 1 rings (SSSR count). The van der Waals surface area contributed by atoms with E-state index in [1.807, 2.05) is 25.9 Å². The summed E-state index contributed by atoms with van der Waals surface area (Å²) in [6.07, 6.45) is 1.10. The number of nitrogens with one attached hydrogen (secondary N) is 2. The molecular formula is C8H17N5. The number of hydrogen-bond acceptors (Lipinski definition) is 4. The van der Waals surface area contributed by atoms with E-state index < -0.39 is 0 Å². The zero-order valence-electron chi connectivity index (χ0n) is 8.46. The van der Waals surface area contributed by atoms with Gasteiger partial charge in [-0.05, 0) is 26.9 Å². The van der Waals surface area contributed by atoms with Crippen LogP contribution in [0.2, 0.25) is 0 Å². The fraction of sp³-hybridized carbons (Fsp3) is 0.750. The van der Waals surface area contributed by atoms with Crippen LogP contribution in [0.1, 0.15) is 12.2 Å². The minimum atomic E-state index is 0.772. The van der Waals surface area contributed by atoms with Crippen LogP contribution in [0.25, 0.3) is 0 Å². The van der Waals surface area contributed by atoms with Gasteiger partial charge in [0.15, 0.2) is 0 Å². The Bertz CT molecular complexity index is 244. The Hall–Kier alpha value is -1.10. The van der Waals surface area contributed by atoms with Crippen molar-refractivity contribution in [2.24, 2.45) is 0 Å². The summed E-state index contributed by atoms with van der Waals surface area (Å²) in [4.78, 5) is 6.27. The van der Waals surface area contributed by atoms with Crippen LogP contribution in [0.5, 0.6) is 0 Å². The van der Waals surface area contributed by atoms with Crippen LogP contribution in [0.4, 0.5) is 5.95 Å². The molecule has 0 fully saturated rings. The predicted octanol–water partition coefficient (Wildman–Crippen LogP) is 0.159. The number of aromatic nitrogens is 3. The van der Waals surface area contributed by atoms with Crippen LogP contribution in [-0.4, -0.2) is 42.4 Å². The summed E-state index contributed by atoms with van der Waals surface area (Å²) in [5, 5.41) is 9.99. The molecule has 0 saturated carbocycles. The van der Waals surface area contributed by atoms with Gasteiger partial charge < -0.3 is 10.2 Å². The van der Waals surface area contributed by atoms with Gasteiger partial charge in [0.05, 0.1) is 0 Å². The molecule has 5 nitrogen and oxygen atoms in total. The van der Waals surface area contributed by atoms with Crippen LogP contribution in [-0.2, 0) is 0 Å². The molecule has 1 heterocycles. The summed E-state index contributed by atoms with van der Waals surface area (Å²) in [5.74, 6) is 1.63. The lowest BCUT2D eigenvalue weighted by Gasteiger charge is -2.13. The van der Waals surface area contributed by atoms with Gasteiger partial charge in [0.1, 0.15) is 5.82 Å². The van der Waals surface area contributed by atoms with Gasteiger partial charge in [0, 0.05) is 13.6 Å². The first-order chi connectivity index (χ1) is 6.24. The first kappa shape index (κ1) is 9.98. The van der Waals surface area contributed by atoms with Gasteiger partial charge in [0.25, 0.3) is 0 Å². The topological polar surface area (TPSA) is 56.8 Å². The maximum absolute atomic E-state index is 4.23. The second kappa shape index (κ2) is 4.81. The molecule has 0 aliphatic heterocycles. The zero-order valence-corrected chi connectivity index (χ0v) is 8.46. The minimum absolute atomic E-state index is 0.772. The van der Waals surface area contributed by atoms with E-state index in [4.69, 9.17) is 0 Å². The molecule has 0 bridgehead atoms. The standard InChI is InChI=1S/C8H17N5/c1-7-10-8(12-11-7)13(3)6-4-5-9-2/h9H,4-6H2,1-3H3,(H,10,11,12). The molecule has 0 radical (unpaired) electrons. The molecule has 2 N–H and O–H groups in total. The molecule has 13 heavy (non-hydrogen) atoms. The summed E-state index contributed by atoms with van der Waals surface area (Å²) in [6, 6.07) is 0. The Morgan fingerprint density at radius 1 is 1.54 bits per heavy atom. The van der Waals surface area contributed by atoms with Crippen molar-refractivity contribution in [3.05, 3.63) is 5.82 Å². The van der Waals surface area contributed by atoms with Crippen LogP contribution < -0.4 is 10.2 Å². The number of hydrogen-bond donors (Lipinski definition) is 2. The average molecular weight is 183 g/mol. The number of anilines is 1. The van der Waals surface area contributed by atoms with Crippen LogP contribution in [0.3, 0.4) is 0 Å². The smallest absolute Gasteiger partial charge is 0.244 e. The van der Waals surface area contributed by atoms with Crippen molar-refractivity contribution in [2.75, 3.05) is 32.1 Å². The maximum Gasteiger partial charge on any atom is 0.244 e. The summed E-state index contributed by atoms with van der Waals surface area (Å²) in [5.41, 5.74) is 0. The highest BCUT2D eigenvalue weighted by molar-refractivity contribution is 5.26. The molecule has 0 saturated heterocycles. The average Bonchev–Trinajstić information content (AvgIpc) is 2.52. The second-order valence-corrected chi connectivity index (χ2v) is 3.10. The molecule has 0 aromatic carbocycles. The lowest BCUT2D eigenvalue weighted by Crippen LogP contribution is -2.23. The first-order valence-corrected chi connectivity index (χ1v) is 4.49. The number of aromatic amines is 1. The van der Waals surface area contributed by atoms with E-state index in [9.17, 15) is 0 Å². The van der Waals surface area contributed by atoms with Crippen molar-refractivity contribution < 1.29 is 0 Å². The Kier molecular flexibility index (Phi) is 3.70. The van der Waals surface area contributed by atoms with Crippen molar-refractivity contribution >= 4 is 5.95 Å². The second-order valence-electron chi connectivity index (χ2n) is 3.10. The lowest BCUT2D eigenvalue weighted by molar-refractivity contribution is 0.705. The molecule has 1 aromatic rings. The van der Waals surface area contributed by atoms with E-state index in [0.717, 1.165) is 31.3 Å². The van der Waals surface area contributed by atoms with Crippen molar-refractivity contribution in [2.45, 2.75) is 13.3 Å². The molecule has 0 spiro atoms. The SMILES string of the molecule is CNCCCN(C)c1n[nH]c(C)n1. The maximum atomic E-state index is 4.23. The molecule has 1 aromatic heterocycles. The van der Waals surface area contributed by atoms with Gasteiger partial charge in [-0.3, -0.25) is 5.10 Å². The summed E-state index contributed by atoms with van der Waals surface area (Å²) in [7, 11) is 3.95. The van der Waals surface area contributed by atoms with E-state index in [-0.39, 0.29) is 0 Å². The van der Waals surface area contributed by atoms with Gasteiger partial charge in [-0.1, -0.05) is 0 Å². The molecule has 0 atom stereocenters. The van der Waals surface area contributed by atoms with Crippen molar-refractivity contribution in [1.82, 2.24) is 20.5 Å². The Morgan fingerprint density at radius 2 is 2.31 bits per heavy atom. The largest absolute Gasteiger partial charge is 0.343 e. The zero-order chi connectivity index (χ0) is 9.68. The molecule has 0 aliphatic rings. The third kappa shape index (κ3) is 3.02. The Balaban J connectivity index is 2.35. The molecular weight excluding hydrogens is 166 g/mol. The minimum Gasteiger partial charge on any atom is -0.343 e. The van der Waals surface area contributed by atoms with Crippen LogP contribution in [0, 0.1) is 6.92 Å². The van der Waals surface area contributed by atoms with Gasteiger partial charge >= 0.3 is 0 Å². The predicted molar refractivity (Wildman–Crippen MR) is 52.9 cm³/mol. The monoisotopic (exact) mass is 183 g/mol. The van der Waals surface area contributed by atoms with E-state index in [1.54, 1.807) is 0 Å². The van der Waals surface area contributed by atoms with Crippen molar-refractivity contribution in [3.63, 3.8) is 0 Å². The molecule has 0 unspecified atom stereocenters. The normalized spacial score (nSPS) is 10.4. The lowest BCUT2D eigenvalue weighted by atomic mass is 10.4. The van der Waals surface area contributed by atoms with E-state index >= 15 is 0 Å². The number of nitrogens with zero attached hydrogens (tertiary/aromatic N) is 3. The third-order valence-corrected chi connectivity index (χ3v) is 1.85. The number of rotatable bonds is 5. The van der Waals surface area contributed by atoms with E-state index in [0.29, 0.717) is 0 Å². The van der Waals surface area contributed by atoms with Crippen molar-refractivity contribution in [3.8, 4) is 0 Å². The molecule has 0 amide bonds. The number of H-pyrrole nitrogens is 1. The highest BCUT2D eigenvalue weighted by Crippen LogP contribution is 2.03. The third-order valence-electron chi connectivity index (χ3n) is 1.85. The van der Waals surface area contributed by atoms with Gasteiger partial charge in [-0.25, -0.2) is 0 Å². The fourth-order valence-electron chi connectivity index (χ4n) is 1.09. The number of aryl methyl sites for hydroxylation is 1. The highest BCUT2D eigenvalue weighted by Gasteiger charge is 2.04. The van der Waals surface area contributed by atoms with E-state index in [1.165, 1.54) is 0 Å².